The van der Waals surface area contributed by atoms with Gasteiger partial charge in [0.25, 0.3) is 0 Å². The lowest BCUT2D eigenvalue weighted by molar-refractivity contribution is 0.140. The molecular formula is C10H17N3OS. The van der Waals surface area contributed by atoms with E-state index in [2.05, 4.69) is 9.88 Å². The molecule has 0 aliphatic carbocycles. The van der Waals surface area contributed by atoms with E-state index in [4.69, 9.17) is 10.5 Å². The minimum absolute atomic E-state index is 0.238. The van der Waals surface area contributed by atoms with Gasteiger partial charge in [0.2, 0.25) is 0 Å². The number of rotatable bonds is 4. The lowest BCUT2D eigenvalue weighted by Crippen LogP contribution is -2.33. The molecule has 1 aliphatic rings. The SMILES string of the molecule is COCCN1CCC(N)C1c1cncs1. The van der Waals surface area contributed by atoms with Gasteiger partial charge in [-0.15, -0.1) is 11.3 Å². The fourth-order valence-corrected chi connectivity index (χ4v) is 2.93. The van der Waals surface area contributed by atoms with Crippen LogP contribution < -0.4 is 5.73 Å². The predicted octanol–water partition coefficient (Wildman–Crippen LogP) is 0.864. The molecule has 1 fully saturated rings. The van der Waals surface area contributed by atoms with Gasteiger partial charge in [0.15, 0.2) is 0 Å². The van der Waals surface area contributed by atoms with E-state index in [1.807, 2.05) is 11.7 Å². The average Bonchev–Trinajstić information content (AvgIpc) is 2.84. The summed E-state index contributed by atoms with van der Waals surface area (Å²) in [5, 5.41) is 0. The van der Waals surface area contributed by atoms with Crippen molar-refractivity contribution in [2.45, 2.75) is 18.5 Å². The molecule has 0 radical (unpaired) electrons. The predicted molar refractivity (Wildman–Crippen MR) is 60.9 cm³/mol. The van der Waals surface area contributed by atoms with E-state index in [1.54, 1.807) is 18.4 Å². The summed E-state index contributed by atoms with van der Waals surface area (Å²) in [6, 6.07) is 0.579. The smallest absolute Gasteiger partial charge is 0.0794 e. The van der Waals surface area contributed by atoms with E-state index in [1.165, 1.54) is 4.88 Å². The van der Waals surface area contributed by atoms with Crippen LogP contribution in [0.15, 0.2) is 11.7 Å². The molecular weight excluding hydrogens is 210 g/mol. The minimum Gasteiger partial charge on any atom is -0.383 e. The molecule has 0 bridgehead atoms. The van der Waals surface area contributed by atoms with E-state index in [-0.39, 0.29) is 6.04 Å². The second kappa shape index (κ2) is 5.03. The number of aromatic nitrogens is 1. The van der Waals surface area contributed by atoms with E-state index >= 15 is 0 Å². The fourth-order valence-electron chi connectivity index (χ4n) is 2.10. The molecule has 0 amide bonds. The fraction of sp³-hybridized carbons (Fsp3) is 0.700. The van der Waals surface area contributed by atoms with Crippen LogP contribution in [0.4, 0.5) is 0 Å². The number of hydrogen-bond acceptors (Lipinski definition) is 5. The highest BCUT2D eigenvalue weighted by molar-refractivity contribution is 7.09. The Morgan fingerprint density at radius 3 is 3.27 bits per heavy atom. The highest BCUT2D eigenvalue weighted by Crippen LogP contribution is 2.32. The van der Waals surface area contributed by atoms with Crippen LogP contribution in [-0.2, 0) is 4.74 Å². The molecule has 84 valence electrons. The van der Waals surface area contributed by atoms with Crippen LogP contribution in [0, 0.1) is 0 Å². The van der Waals surface area contributed by atoms with Crippen molar-refractivity contribution in [2.75, 3.05) is 26.8 Å². The van der Waals surface area contributed by atoms with Crippen molar-refractivity contribution in [3.63, 3.8) is 0 Å². The van der Waals surface area contributed by atoms with Crippen molar-refractivity contribution in [2.24, 2.45) is 5.73 Å². The summed E-state index contributed by atoms with van der Waals surface area (Å²) in [7, 11) is 1.73. The molecule has 0 spiro atoms. The van der Waals surface area contributed by atoms with Crippen molar-refractivity contribution in [3.8, 4) is 0 Å². The number of nitrogens with zero attached hydrogens (tertiary/aromatic N) is 2. The second-order valence-electron chi connectivity index (χ2n) is 3.83. The summed E-state index contributed by atoms with van der Waals surface area (Å²) in [6.07, 6.45) is 2.99. The first-order valence-corrected chi connectivity index (χ1v) is 6.08. The first-order valence-electron chi connectivity index (χ1n) is 5.20. The zero-order valence-electron chi connectivity index (χ0n) is 8.93. The first kappa shape index (κ1) is 11.0. The number of ether oxygens (including phenoxy) is 1. The number of methoxy groups -OCH3 is 1. The van der Waals surface area contributed by atoms with E-state index < -0.39 is 0 Å². The van der Waals surface area contributed by atoms with Gasteiger partial charge in [0, 0.05) is 37.3 Å². The summed E-state index contributed by atoms with van der Waals surface area (Å²) in [4.78, 5) is 7.79. The van der Waals surface area contributed by atoms with Crippen LogP contribution in [0.25, 0.3) is 0 Å². The molecule has 1 aliphatic heterocycles. The Balaban J connectivity index is 2.05. The topological polar surface area (TPSA) is 51.4 Å². The van der Waals surface area contributed by atoms with Crippen LogP contribution in [0.1, 0.15) is 17.3 Å². The van der Waals surface area contributed by atoms with Crippen molar-refractivity contribution in [3.05, 3.63) is 16.6 Å². The number of thiazole rings is 1. The van der Waals surface area contributed by atoms with Gasteiger partial charge in [-0.2, -0.15) is 0 Å². The molecule has 2 heterocycles. The van der Waals surface area contributed by atoms with Crippen LogP contribution in [0.3, 0.4) is 0 Å². The zero-order chi connectivity index (χ0) is 10.7. The largest absolute Gasteiger partial charge is 0.383 e. The van der Waals surface area contributed by atoms with Crippen LogP contribution in [-0.4, -0.2) is 42.7 Å². The van der Waals surface area contributed by atoms with Crippen molar-refractivity contribution < 1.29 is 4.74 Å². The summed E-state index contributed by atoms with van der Waals surface area (Å²) >= 11 is 1.69. The van der Waals surface area contributed by atoms with Crippen LogP contribution in [0.5, 0.6) is 0 Å². The third-order valence-electron chi connectivity index (χ3n) is 2.87. The monoisotopic (exact) mass is 227 g/mol. The summed E-state index contributed by atoms with van der Waals surface area (Å²) < 4.78 is 5.11. The molecule has 0 aromatic carbocycles. The molecule has 0 saturated carbocycles. The molecule has 2 N–H and O–H groups in total. The molecule has 2 rings (SSSR count). The zero-order valence-corrected chi connectivity index (χ0v) is 9.74. The van der Waals surface area contributed by atoms with Crippen LogP contribution >= 0.6 is 11.3 Å². The summed E-state index contributed by atoms with van der Waals surface area (Å²) in [5.74, 6) is 0. The van der Waals surface area contributed by atoms with E-state index in [9.17, 15) is 0 Å². The molecule has 15 heavy (non-hydrogen) atoms. The van der Waals surface area contributed by atoms with Crippen molar-refractivity contribution >= 4 is 11.3 Å². The van der Waals surface area contributed by atoms with Gasteiger partial charge in [-0.3, -0.25) is 9.88 Å². The first-order chi connectivity index (χ1) is 7.33. The number of likely N-dealkylation sites (tertiary alicyclic amines) is 1. The lowest BCUT2D eigenvalue weighted by Gasteiger charge is -2.24. The maximum atomic E-state index is 6.13. The average molecular weight is 227 g/mol. The molecule has 1 aromatic heterocycles. The van der Waals surface area contributed by atoms with Gasteiger partial charge in [0.1, 0.15) is 0 Å². The Morgan fingerprint density at radius 1 is 1.73 bits per heavy atom. The van der Waals surface area contributed by atoms with E-state index in [0.29, 0.717) is 6.04 Å². The van der Waals surface area contributed by atoms with Crippen molar-refractivity contribution in [1.29, 1.82) is 0 Å². The Labute approximate surface area is 94.1 Å². The Morgan fingerprint density at radius 2 is 2.60 bits per heavy atom. The van der Waals surface area contributed by atoms with Gasteiger partial charge in [-0.1, -0.05) is 0 Å². The van der Waals surface area contributed by atoms with Gasteiger partial charge < -0.3 is 10.5 Å². The Kier molecular flexibility index (Phi) is 3.69. The summed E-state index contributed by atoms with van der Waals surface area (Å²) in [5.41, 5.74) is 8.00. The highest BCUT2D eigenvalue weighted by Gasteiger charge is 2.33. The van der Waals surface area contributed by atoms with Gasteiger partial charge in [-0.05, 0) is 6.42 Å². The van der Waals surface area contributed by atoms with E-state index in [0.717, 1.165) is 26.1 Å². The maximum Gasteiger partial charge on any atom is 0.0794 e. The molecule has 2 atom stereocenters. The molecule has 4 nitrogen and oxygen atoms in total. The standard InChI is InChI=1S/C10H17N3OS/c1-14-5-4-13-3-2-8(11)10(13)9-6-12-7-15-9/h6-8,10H,2-5,11H2,1H3. The lowest BCUT2D eigenvalue weighted by atomic mass is 10.1. The van der Waals surface area contributed by atoms with Gasteiger partial charge in [-0.25, -0.2) is 0 Å². The van der Waals surface area contributed by atoms with Crippen molar-refractivity contribution in [1.82, 2.24) is 9.88 Å². The Hall–Kier alpha value is -0.490. The normalized spacial score (nSPS) is 27.3. The number of nitrogens with two attached hydrogens (primary N) is 1. The highest BCUT2D eigenvalue weighted by atomic mass is 32.1. The van der Waals surface area contributed by atoms with Gasteiger partial charge in [0.05, 0.1) is 18.2 Å². The third kappa shape index (κ3) is 2.36. The minimum atomic E-state index is 0.238. The molecule has 2 unspecified atom stereocenters. The van der Waals surface area contributed by atoms with Gasteiger partial charge >= 0.3 is 0 Å². The third-order valence-corrected chi connectivity index (χ3v) is 3.72. The molecule has 1 saturated heterocycles. The number of hydrogen-bond donors (Lipinski definition) is 1. The maximum absolute atomic E-state index is 6.13. The van der Waals surface area contributed by atoms with Crippen LogP contribution in [0.2, 0.25) is 0 Å². The quantitative estimate of drug-likeness (QED) is 0.829. The second-order valence-corrected chi connectivity index (χ2v) is 4.75. The molecule has 1 aromatic rings. The molecule has 5 heteroatoms. The summed E-state index contributed by atoms with van der Waals surface area (Å²) in [6.45, 7) is 2.78. The Bertz CT molecular complexity index is 291.